The molecule has 3 amide bonds. The van der Waals surface area contributed by atoms with Crippen LogP contribution in [0.25, 0.3) is 0 Å². The minimum atomic E-state index is -0.753. The number of aromatic hydroxyl groups is 1. The SMILES string of the molecule is COC(=O)c1cccc(NC(=O)c2ccc3c(c2)C(=O)N(c2ccc(C)cc2C)C3=O)c1O. The number of carbonyl (C=O) groups excluding carboxylic acids is 4. The highest BCUT2D eigenvalue weighted by atomic mass is 16.5. The summed E-state index contributed by atoms with van der Waals surface area (Å²) in [7, 11) is 1.18. The summed E-state index contributed by atoms with van der Waals surface area (Å²) in [5.74, 6) is -2.80. The van der Waals surface area contributed by atoms with E-state index >= 15 is 0 Å². The molecule has 33 heavy (non-hydrogen) atoms. The van der Waals surface area contributed by atoms with E-state index in [1.165, 1.54) is 43.5 Å². The maximum Gasteiger partial charge on any atom is 0.341 e. The first-order chi connectivity index (χ1) is 15.7. The van der Waals surface area contributed by atoms with Crippen LogP contribution in [0.4, 0.5) is 11.4 Å². The molecule has 2 N–H and O–H groups in total. The maximum atomic E-state index is 13.1. The molecule has 166 valence electrons. The third kappa shape index (κ3) is 3.71. The lowest BCUT2D eigenvalue weighted by atomic mass is 10.0. The molecule has 4 rings (SSSR count). The molecular formula is C25H20N2O6. The Balaban J connectivity index is 1.64. The quantitative estimate of drug-likeness (QED) is 0.359. The van der Waals surface area contributed by atoms with Crippen LogP contribution in [-0.4, -0.2) is 35.9 Å². The van der Waals surface area contributed by atoms with E-state index < -0.39 is 29.4 Å². The molecular weight excluding hydrogens is 424 g/mol. The average molecular weight is 444 g/mol. The number of nitrogens with zero attached hydrogens (tertiary/aromatic N) is 1. The minimum Gasteiger partial charge on any atom is -0.505 e. The number of anilines is 2. The molecule has 0 fully saturated rings. The molecule has 3 aromatic carbocycles. The number of imide groups is 1. The molecule has 0 atom stereocenters. The number of benzene rings is 3. The Morgan fingerprint density at radius 3 is 2.36 bits per heavy atom. The van der Waals surface area contributed by atoms with Gasteiger partial charge in [-0.05, 0) is 55.8 Å². The van der Waals surface area contributed by atoms with Gasteiger partial charge in [-0.2, -0.15) is 0 Å². The van der Waals surface area contributed by atoms with E-state index in [1.807, 2.05) is 26.0 Å². The van der Waals surface area contributed by atoms with Crippen LogP contribution in [0.1, 0.15) is 52.6 Å². The van der Waals surface area contributed by atoms with Crippen LogP contribution in [0.5, 0.6) is 5.75 Å². The number of fused-ring (bicyclic) bond motifs is 1. The molecule has 0 radical (unpaired) electrons. The van der Waals surface area contributed by atoms with Gasteiger partial charge in [0.2, 0.25) is 0 Å². The standard InChI is InChI=1S/C25H20N2O6/c1-13-7-10-20(14(2)11-13)27-23(30)16-9-8-15(12-18(16)24(27)31)22(29)26-19-6-4-5-17(21(19)28)25(32)33-3/h4-12,28H,1-3H3,(H,26,29). The van der Waals surface area contributed by atoms with Crippen molar-refractivity contribution in [2.75, 3.05) is 17.3 Å². The van der Waals surface area contributed by atoms with Gasteiger partial charge in [0, 0.05) is 5.56 Å². The average Bonchev–Trinajstić information content (AvgIpc) is 3.04. The number of hydrogen-bond donors (Lipinski definition) is 2. The second-order valence-corrected chi connectivity index (χ2v) is 7.64. The van der Waals surface area contributed by atoms with E-state index in [1.54, 1.807) is 6.07 Å². The van der Waals surface area contributed by atoms with Gasteiger partial charge in [0.25, 0.3) is 17.7 Å². The Kier molecular flexibility index (Phi) is 5.43. The van der Waals surface area contributed by atoms with E-state index in [9.17, 15) is 24.3 Å². The fourth-order valence-corrected chi connectivity index (χ4v) is 3.77. The zero-order valence-electron chi connectivity index (χ0n) is 18.1. The fourth-order valence-electron chi connectivity index (χ4n) is 3.77. The molecule has 0 saturated heterocycles. The number of methoxy groups -OCH3 is 1. The largest absolute Gasteiger partial charge is 0.505 e. The first kappa shape index (κ1) is 21.8. The lowest BCUT2D eigenvalue weighted by Crippen LogP contribution is -2.30. The van der Waals surface area contributed by atoms with Gasteiger partial charge in [-0.15, -0.1) is 0 Å². The van der Waals surface area contributed by atoms with Crippen molar-refractivity contribution in [2.24, 2.45) is 0 Å². The Labute approximate surface area is 189 Å². The van der Waals surface area contributed by atoms with Crippen molar-refractivity contribution in [1.82, 2.24) is 0 Å². The van der Waals surface area contributed by atoms with Crippen molar-refractivity contribution in [3.63, 3.8) is 0 Å². The number of carbonyl (C=O) groups is 4. The topological polar surface area (TPSA) is 113 Å². The normalized spacial score (nSPS) is 12.5. The molecule has 0 aromatic heterocycles. The summed E-state index contributed by atoms with van der Waals surface area (Å²) in [4.78, 5) is 51.6. The van der Waals surface area contributed by atoms with Crippen LogP contribution < -0.4 is 10.2 Å². The van der Waals surface area contributed by atoms with Crippen LogP contribution in [0.2, 0.25) is 0 Å². The Morgan fingerprint density at radius 2 is 1.67 bits per heavy atom. The van der Waals surface area contributed by atoms with E-state index in [4.69, 9.17) is 0 Å². The van der Waals surface area contributed by atoms with Gasteiger partial charge in [0.15, 0.2) is 5.75 Å². The minimum absolute atomic E-state index is 0.00251. The number of para-hydroxylation sites is 1. The second-order valence-electron chi connectivity index (χ2n) is 7.64. The third-order valence-electron chi connectivity index (χ3n) is 5.43. The van der Waals surface area contributed by atoms with Crippen molar-refractivity contribution < 1.29 is 29.0 Å². The van der Waals surface area contributed by atoms with Gasteiger partial charge in [-0.3, -0.25) is 14.4 Å². The number of phenols is 1. The lowest BCUT2D eigenvalue weighted by Gasteiger charge is -2.16. The van der Waals surface area contributed by atoms with Crippen LogP contribution in [0.3, 0.4) is 0 Å². The molecule has 0 saturated carbocycles. The highest BCUT2D eigenvalue weighted by molar-refractivity contribution is 6.35. The molecule has 0 bridgehead atoms. The highest BCUT2D eigenvalue weighted by Crippen LogP contribution is 2.32. The Hall–Kier alpha value is -4.46. The number of hydrogen-bond acceptors (Lipinski definition) is 6. The van der Waals surface area contributed by atoms with Crippen molar-refractivity contribution >= 4 is 35.1 Å². The number of phenolic OH excluding ortho intramolecular Hbond substituents is 1. The van der Waals surface area contributed by atoms with Crippen molar-refractivity contribution in [3.05, 3.63) is 88.0 Å². The maximum absolute atomic E-state index is 13.1. The van der Waals surface area contributed by atoms with Gasteiger partial charge in [-0.25, -0.2) is 9.69 Å². The molecule has 1 aliphatic rings. The van der Waals surface area contributed by atoms with Crippen LogP contribution in [0.15, 0.2) is 54.6 Å². The Morgan fingerprint density at radius 1 is 0.939 bits per heavy atom. The Bertz CT molecular complexity index is 1340. The first-order valence-corrected chi connectivity index (χ1v) is 10.0. The fraction of sp³-hybridized carbons (Fsp3) is 0.120. The summed E-state index contributed by atoms with van der Waals surface area (Å²) in [6.45, 7) is 3.74. The molecule has 0 spiro atoms. The number of rotatable bonds is 4. The lowest BCUT2D eigenvalue weighted by molar-refractivity contribution is 0.0597. The third-order valence-corrected chi connectivity index (χ3v) is 5.43. The van der Waals surface area contributed by atoms with E-state index in [2.05, 4.69) is 10.1 Å². The van der Waals surface area contributed by atoms with Gasteiger partial charge < -0.3 is 15.2 Å². The van der Waals surface area contributed by atoms with Crippen molar-refractivity contribution in [2.45, 2.75) is 13.8 Å². The van der Waals surface area contributed by atoms with Gasteiger partial charge >= 0.3 is 5.97 Å². The zero-order chi connectivity index (χ0) is 23.9. The van der Waals surface area contributed by atoms with Crippen LogP contribution >= 0.6 is 0 Å². The molecule has 0 aliphatic carbocycles. The van der Waals surface area contributed by atoms with Gasteiger partial charge in [0.05, 0.1) is 29.6 Å². The van der Waals surface area contributed by atoms with Crippen LogP contribution in [0, 0.1) is 13.8 Å². The predicted octanol–water partition coefficient (Wildman–Crippen LogP) is 3.85. The van der Waals surface area contributed by atoms with E-state index in [-0.39, 0.29) is 27.9 Å². The summed E-state index contributed by atoms with van der Waals surface area (Å²) in [5, 5.41) is 12.8. The first-order valence-electron chi connectivity index (χ1n) is 10.0. The highest BCUT2D eigenvalue weighted by Gasteiger charge is 2.37. The molecule has 0 unspecified atom stereocenters. The van der Waals surface area contributed by atoms with Crippen LogP contribution in [-0.2, 0) is 4.74 Å². The van der Waals surface area contributed by atoms with Gasteiger partial charge in [-0.1, -0.05) is 23.8 Å². The number of nitrogens with one attached hydrogen (secondary N) is 1. The molecule has 3 aromatic rings. The van der Waals surface area contributed by atoms with E-state index in [0.29, 0.717) is 5.69 Å². The predicted molar refractivity (Wildman–Crippen MR) is 121 cm³/mol. The number of aryl methyl sites for hydroxylation is 2. The molecule has 8 heteroatoms. The molecule has 1 heterocycles. The summed E-state index contributed by atoms with van der Waals surface area (Å²) in [6.07, 6.45) is 0. The molecule has 1 aliphatic heterocycles. The van der Waals surface area contributed by atoms with E-state index in [0.717, 1.165) is 16.0 Å². The number of ether oxygens (including phenoxy) is 1. The van der Waals surface area contributed by atoms with Gasteiger partial charge in [0.1, 0.15) is 5.56 Å². The monoisotopic (exact) mass is 444 g/mol. The number of amides is 3. The second kappa shape index (κ2) is 8.23. The smallest absolute Gasteiger partial charge is 0.341 e. The summed E-state index contributed by atoms with van der Waals surface area (Å²) >= 11 is 0. The molecule has 8 nitrogen and oxygen atoms in total. The zero-order valence-corrected chi connectivity index (χ0v) is 18.1. The van der Waals surface area contributed by atoms with Crippen molar-refractivity contribution in [1.29, 1.82) is 0 Å². The number of esters is 1. The summed E-state index contributed by atoms with van der Waals surface area (Å²) < 4.78 is 4.61. The summed E-state index contributed by atoms with van der Waals surface area (Å²) in [5.41, 5.74) is 2.60. The van der Waals surface area contributed by atoms with Crippen molar-refractivity contribution in [3.8, 4) is 5.75 Å². The summed E-state index contributed by atoms with van der Waals surface area (Å²) in [6, 6.07) is 13.9.